The largest absolute Gasteiger partial charge is 0.468 e. The predicted molar refractivity (Wildman–Crippen MR) is 144 cm³/mol. The fourth-order valence-corrected chi connectivity index (χ4v) is 6.08. The van der Waals surface area contributed by atoms with Gasteiger partial charge in [-0.3, -0.25) is 9.69 Å². The van der Waals surface area contributed by atoms with Gasteiger partial charge in [-0.05, 0) is 96.8 Å². The van der Waals surface area contributed by atoms with E-state index in [9.17, 15) is 4.79 Å². The summed E-state index contributed by atoms with van der Waals surface area (Å²) in [5.41, 5.74) is 3.68. The molecule has 38 heavy (non-hydrogen) atoms. The molecule has 1 saturated carbocycles. The third-order valence-corrected chi connectivity index (χ3v) is 8.23. The second-order valence-electron chi connectivity index (χ2n) is 10.9. The van der Waals surface area contributed by atoms with Gasteiger partial charge in [0.2, 0.25) is 0 Å². The molecule has 2 aliphatic rings. The second-order valence-corrected chi connectivity index (χ2v) is 10.9. The fourth-order valence-electron chi connectivity index (χ4n) is 6.08. The third-order valence-electron chi connectivity index (χ3n) is 8.23. The highest BCUT2D eigenvalue weighted by atomic mass is 16.5. The fraction of sp³-hybridized carbons (Fsp3) is 0.517. The van der Waals surface area contributed by atoms with Gasteiger partial charge < -0.3 is 14.1 Å². The Hall–Kier alpha value is -3.30. The Balaban J connectivity index is 1.51. The summed E-state index contributed by atoms with van der Waals surface area (Å²) < 4.78 is 13.8. The maximum Gasteiger partial charge on any atom is 0.253 e. The minimum absolute atomic E-state index is 0.0795. The summed E-state index contributed by atoms with van der Waals surface area (Å²) in [6, 6.07) is 9.85. The normalized spacial score (nSPS) is 19.5. The van der Waals surface area contributed by atoms with Gasteiger partial charge in [0.15, 0.2) is 5.82 Å². The standard InChI is InChI=1S/C29H36N6O3/c1-19-14-21-16-25(29(36)30-26(21)15-20(19)2)27(28-31-32-33-35(28)22-8-4-3-5-9-22)34(17-23-10-6-12-37-23)18-24-11-7-13-38-24/h6,10,12,14-16,22,24,27H,3-5,7-9,11,13,17-18H2,1-2H3,(H,30,36)/t24-,27+/m1/s1. The predicted octanol–water partition coefficient (Wildman–Crippen LogP) is 5.00. The van der Waals surface area contributed by atoms with E-state index in [0.29, 0.717) is 24.5 Å². The molecule has 0 unspecified atom stereocenters. The first-order valence-corrected chi connectivity index (χ1v) is 13.9. The van der Waals surface area contributed by atoms with E-state index in [2.05, 4.69) is 45.3 Å². The molecule has 1 aromatic carbocycles. The van der Waals surface area contributed by atoms with Crippen LogP contribution in [0.3, 0.4) is 0 Å². The zero-order valence-electron chi connectivity index (χ0n) is 22.2. The van der Waals surface area contributed by atoms with Crippen LogP contribution in [0.2, 0.25) is 0 Å². The van der Waals surface area contributed by atoms with Crippen molar-refractivity contribution < 1.29 is 9.15 Å². The van der Waals surface area contributed by atoms with Crippen molar-refractivity contribution in [3.05, 3.63) is 75.2 Å². The van der Waals surface area contributed by atoms with Gasteiger partial charge >= 0.3 is 0 Å². The Morgan fingerprint density at radius 1 is 1.11 bits per heavy atom. The van der Waals surface area contributed by atoms with Crippen LogP contribution in [-0.4, -0.2) is 49.3 Å². The molecule has 3 aromatic heterocycles. The number of benzene rings is 1. The van der Waals surface area contributed by atoms with Crippen molar-refractivity contribution in [2.75, 3.05) is 13.2 Å². The summed E-state index contributed by atoms with van der Waals surface area (Å²) in [7, 11) is 0. The topological polar surface area (TPSA) is 102 Å². The maximum atomic E-state index is 13.8. The Bertz CT molecular complexity index is 1430. The van der Waals surface area contributed by atoms with Crippen LogP contribution in [0.1, 0.15) is 85.3 Å². The molecule has 1 saturated heterocycles. The van der Waals surface area contributed by atoms with Crippen molar-refractivity contribution in [3.8, 4) is 0 Å². The summed E-state index contributed by atoms with van der Waals surface area (Å²) in [6.07, 6.45) is 9.45. The third kappa shape index (κ3) is 5.05. The first kappa shape index (κ1) is 25.0. The number of pyridine rings is 1. The molecule has 0 amide bonds. The summed E-state index contributed by atoms with van der Waals surface area (Å²) in [6.45, 7) is 6.09. The Labute approximate surface area is 222 Å². The molecular weight excluding hydrogens is 480 g/mol. The van der Waals surface area contributed by atoms with Gasteiger partial charge in [0.1, 0.15) is 11.8 Å². The van der Waals surface area contributed by atoms with Crippen molar-refractivity contribution in [2.24, 2.45) is 0 Å². The lowest BCUT2D eigenvalue weighted by atomic mass is 9.95. The molecule has 2 atom stereocenters. The van der Waals surface area contributed by atoms with E-state index in [-0.39, 0.29) is 17.7 Å². The molecular formula is C29H36N6O3. The van der Waals surface area contributed by atoms with Gasteiger partial charge in [0.25, 0.3) is 5.56 Å². The Kier molecular flexibility index (Phi) is 7.12. The lowest BCUT2D eigenvalue weighted by Crippen LogP contribution is -2.39. The molecule has 4 heterocycles. The minimum atomic E-state index is -0.462. The van der Waals surface area contributed by atoms with Gasteiger partial charge in [-0.2, -0.15) is 0 Å². The molecule has 0 spiro atoms. The van der Waals surface area contributed by atoms with E-state index in [1.807, 2.05) is 28.9 Å². The highest BCUT2D eigenvalue weighted by Gasteiger charge is 2.35. The summed E-state index contributed by atoms with van der Waals surface area (Å²) in [5, 5.41) is 14.2. The molecule has 9 heteroatoms. The van der Waals surface area contributed by atoms with Crippen LogP contribution in [-0.2, 0) is 11.3 Å². The van der Waals surface area contributed by atoms with Crippen molar-refractivity contribution in [1.82, 2.24) is 30.1 Å². The second kappa shape index (κ2) is 10.8. The molecule has 4 aromatic rings. The highest BCUT2D eigenvalue weighted by molar-refractivity contribution is 5.81. The van der Waals surface area contributed by atoms with Crippen LogP contribution < -0.4 is 5.56 Å². The van der Waals surface area contributed by atoms with Crippen LogP contribution in [0.5, 0.6) is 0 Å². The first-order valence-electron chi connectivity index (χ1n) is 13.9. The Morgan fingerprint density at radius 2 is 1.95 bits per heavy atom. The molecule has 0 radical (unpaired) electrons. The molecule has 1 aliphatic heterocycles. The molecule has 1 aliphatic carbocycles. The number of hydrogen-bond donors (Lipinski definition) is 1. The van der Waals surface area contributed by atoms with Gasteiger partial charge in [-0.25, -0.2) is 4.68 Å². The van der Waals surface area contributed by atoms with Crippen LogP contribution in [0.4, 0.5) is 0 Å². The number of aryl methyl sites for hydroxylation is 2. The molecule has 200 valence electrons. The number of nitrogens with one attached hydrogen (secondary N) is 1. The smallest absolute Gasteiger partial charge is 0.253 e. The molecule has 9 nitrogen and oxygen atoms in total. The average molecular weight is 517 g/mol. The zero-order chi connectivity index (χ0) is 26.1. The number of nitrogens with zero attached hydrogens (tertiary/aromatic N) is 5. The van der Waals surface area contributed by atoms with Crippen LogP contribution in [0.25, 0.3) is 10.9 Å². The SMILES string of the molecule is Cc1cc2cc([C@@H](c3nnnn3C3CCCCC3)N(Cc3ccco3)C[C@H]3CCCO3)c(=O)[nH]c2cc1C. The maximum absolute atomic E-state index is 13.8. The number of H-pyrrole nitrogens is 1. The van der Waals surface area contributed by atoms with Gasteiger partial charge in [0, 0.05) is 24.2 Å². The number of fused-ring (bicyclic) bond motifs is 1. The monoisotopic (exact) mass is 516 g/mol. The highest BCUT2D eigenvalue weighted by Crippen LogP contribution is 2.34. The van der Waals surface area contributed by atoms with Crippen molar-refractivity contribution in [1.29, 1.82) is 0 Å². The van der Waals surface area contributed by atoms with E-state index in [1.54, 1.807) is 6.26 Å². The number of ether oxygens (including phenoxy) is 1. The quantitative estimate of drug-likeness (QED) is 0.352. The number of hydrogen-bond acceptors (Lipinski definition) is 7. The zero-order valence-corrected chi connectivity index (χ0v) is 22.2. The van der Waals surface area contributed by atoms with Gasteiger partial charge in [0.05, 0.1) is 25.0 Å². The van der Waals surface area contributed by atoms with E-state index in [1.165, 1.54) is 12.0 Å². The Morgan fingerprint density at radius 3 is 2.71 bits per heavy atom. The number of furan rings is 1. The van der Waals surface area contributed by atoms with Crippen LogP contribution >= 0.6 is 0 Å². The van der Waals surface area contributed by atoms with Gasteiger partial charge in [-0.1, -0.05) is 19.3 Å². The minimum Gasteiger partial charge on any atom is -0.468 e. The molecule has 0 bridgehead atoms. The number of tetrazole rings is 1. The first-order chi connectivity index (χ1) is 18.6. The number of aromatic nitrogens is 5. The van der Waals surface area contributed by atoms with Crippen molar-refractivity contribution in [2.45, 2.75) is 83.5 Å². The summed E-state index contributed by atoms with van der Waals surface area (Å²) in [5.74, 6) is 1.53. The lowest BCUT2D eigenvalue weighted by Gasteiger charge is -2.33. The van der Waals surface area contributed by atoms with Crippen LogP contribution in [0.15, 0.2) is 45.8 Å². The number of rotatable bonds is 8. The molecule has 2 fully saturated rings. The average Bonchev–Trinajstić information content (AvgIpc) is 3.70. The van der Waals surface area contributed by atoms with Gasteiger partial charge in [-0.15, -0.1) is 5.10 Å². The van der Waals surface area contributed by atoms with E-state index >= 15 is 0 Å². The van der Waals surface area contributed by atoms with E-state index in [0.717, 1.165) is 67.4 Å². The molecule has 1 N–H and O–H groups in total. The summed E-state index contributed by atoms with van der Waals surface area (Å²) in [4.78, 5) is 19.2. The van der Waals surface area contributed by atoms with E-state index in [4.69, 9.17) is 9.15 Å². The molecule has 6 rings (SSSR count). The number of aromatic amines is 1. The van der Waals surface area contributed by atoms with Crippen molar-refractivity contribution in [3.63, 3.8) is 0 Å². The van der Waals surface area contributed by atoms with Crippen molar-refractivity contribution >= 4 is 10.9 Å². The lowest BCUT2D eigenvalue weighted by molar-refractivity contribution is 0.0539. The summed E-state index contributed by atoms with van der Waals surface area (Å²) >= 11 is 0. The van der Waals surface area contributed by atoms with E-state index < -0.39 is 6.04 Å². The van der Waals surface area contributed by atoms with Crippen LogP contribution in [0, 0.1) is 13.8 Å².